The van der Waals surface area contributed by atoms with Crippen molar-refractivity contribution < 1.29 is 4.39 Å². The number of nitrogens with zero attached hydrogens (tertiary/aromatic N) is 2. The molecule has 1 heterocycles. The third-order valence-corrected chi connectivity index (χ3v) is 4.43. The monoisotopic (exact) mass is 281 g/mol. The normalized spacial score (nSPS) is 13.1. The molecule has 0 bridgehead atoms. The second kappa shape index (κ2) is 6.30. The zero-order valence-electron chi connectivity index (χ0n) is 11.6. The van der Waals surface area contributed by atoms with E-state index in [0.717, 1.165) is 34.9 Å². The van der Waals surface area contributed by atoms with Crippen molar-refractivity contribution in [3.63, 3.8) is 0 Å². The molecule has 0 aliphatic carbocycles. The molecule has 0 radical (unpaired) electrons. The van der Waals surface area contributed by atoms with Crippen molar-refractivity contribution in [3.05, 3.63) is 24.0 Å². The number of rotatable bonds is 6. The highest BCUT2D eigenvalue weighted by Crippen LogP contribution is 2.26. The standard InChI is InChI=1S/C14H20FN3S/c1-4-10(2)18(3)8-7-16-14-17-12-9-11(15)5-6-13(12)19-14/h5-6,9-10H,4,7-8H2,1-3H3,(H,16,17). The lowest BCUT2D eigenvalue weighted by Crippen LogP contribution is -2.32. The predicted octanol–water partition coefficient (Wildman–Crippen LogP) is 3.58. The van der Waals surface area contributed by atoms with Crippen LogP contribution in [0.25, 0.3) is 10.2 Å². The fraction of sp³-hybridized carbons (Fsp3) is 0.500. The second-order valence-electron chi connectivity index (χ2n) is 4.80. The van der Waals surface area contributed by atoms with Crippen LogP contribution in [0, 0.1) is 5.82 Å². The van der Waals surface area contributed by atoms with Gasteiger partial charge in [-0.3, -0.25) is 0 Å². The van der Waals surface area contributed by atoms with Gasteiger partial charge in [-0.2, -0.15) is 0 Å². The Hall–Kier alpha value is -1.20. The molecule has 1 aromatic heterocycles. The Morgan fingerprint density at radius 3 is 3.00 bits per heavy atom. The van der Waals surface area contributed by atoms with E-state index in [-0.39, 0.29) is 5.82 Å². The summed E-state index contributed by atoms with van der Waals surface area (Å²) in [5.41, 5.74) is 0.725. The average Bonchev–Trinajstić information content (AvgIpc) is 2.79. The minimum Gasteiger partial charge on any atom is -0.360 e. The van der Waals surface area contributed by atoms with Crippen LogP contribution in [0.15, 0.2) is 18.2 Å². The van der Waals surface area contributed by atoms with E-state index >= 15 is 0 Å². The molecule has 3 nitrogen and oxygen atoms in total. The minimum atomic E-state index is -0.235. The topological polar surface area (TPSA) is 28.2 Å². The number of nitrogens with one attached hydrogen (secondary N) is 1. The van der Waals surface area contributed by atoms with Gasteiger partial charge in [0.2, 0.25) is 0 Å². The average molecular weight is 281 g/mol. The molecule has 0 saturated heterocycles. The van der Waals surface area contributed by atoms with Gasteiger partial charge in [0, 0.05) is 25.2 Å². The second-order valence-corrected chi connectivity index (χ2v) is 5.83. The van der Waals surface area contributed by atoms with Gasteiger partial charge in [-0.15, -0.1) is 0 Å². The van der Waals surface area contributed by atoms with Gasteiger partial charge in [-0.1, -0.05) is 18.3 Å². The lowest BCUT2D eigenvalue weighted by Gasteiger charge is -2.23. The van der Waals surface area contributed by atoms with Gasteiger partial charge in [-0.05, 0) is 32.5 Å². The van der Waals surface area contributed by atoms with E-state index in [4.69, 9.17) is 0 Å². The molecule has 1 N–H and O–H groups in total. The molecule has 1 atom stereocenters. The van der Waals surface area contributed by atoms with E-state index in [2.05, 4.69) is 36.1 Å². The third-order valence-electron chi connectivity index (χ3n) is 3.43. The summed E-state index contributed by atoms with van der Waals surface area (Å²) in [4.78, 5) is 6.70. The lowest BCUT2D eigenvalue weighted by molar-refractivity contribution is 0.261. The molecule has 0 saturated carbocycles. The molecule has 2 aromatic rings. The summed E-state index contributed by atoms with van der Waals surface area (Å²) in [5.74, 6) is -0.235. The van der Waals surface area contributed by atoms with Crippen LogP contribution >= 0.6 is 11.3 Å². The Balaban J connectivity index is 1.91. The summed E-state index contributed by atoms with van der Waals surface area (Å²) < 4.78 is 14.1. The highest BCUT2D eigenvalue weighted by molar-refractivity contribution is 7.22. The van der Waals surface area contributed by atoms with Crippen LogP contribution in [0.2, 0.25) is 0 Å². The molecule has 0 aliphatic rings. The van der Waals surface area contributed by atoms with Gasteiger partial charge in [0.15, 0.2) is 5.13 Å². The van der Waals surface area contributed by atoms with Crippen LogP contribution in [0.3, 0.4) is 0 Å². The molecule has 0 fully saturated rings. The Labute approximate surface area is 117 Å². The van der Waals surface area contributed by atoms with Crippen molar-refractivity contribution in [1.29, 1.82) is 0 Å². The Bertz CT molecular complexity index is 540. The Kier molecular flexibility index (Phi) is 4.71. The number of hydrogen-bond acceptors (Lipinski definition) is 4. The molecule has 0 aliphatic heterocycles. The highest BCUT2D eigenvalue weighted by atomic mass is 32.1. The number of anilines is 1. The maximum atomic E-state index is 13.1. The Morgan fingerprint density at radius 1 is 1.47 bits per heavy atom. The first-order chi connectivity index (χ1) is 9.10. The van der Waals surface area contributed by atoms with Gasteiger partial charge in [0.1, 0.15) is 5.82 Å². The van der Waals surface area contributed by atoms with E-state index in [1.165, 1.54) is 12.1 Å². The molecule has 0 amide bonds. The van der Waals surface area contributed by atoms with E-state index in [1.807, 2.05) is 0 Å². The van der Waals surface area contributed by atoms with Crippen molar-refractivity contribution in [2.75, 3.05) is 25.5 Å². The van der Waals surface area contributed by atoms with Crippen LogP contribution in [0.4, 0.5) is 9.52 Å². The lowest BCUT2D eigenvalue weighted by atomic mass is 10.2. The smallest absolute Gasteiger partial charge is 0.183 e. The fourth-order valence-electron chi connectivity index (χ4n) is 1.85. The van der Waals surface area contributed by atoms with Crippen molar-refractivity contribution in [3.8, 4) is 0 Å². The van der Waals surface area contributed by atoms with Crippen molar-refractivity contribution in [2.24, 2.45) is 0 Å². The van der Waals surface area contributed by atoms with Crippen LogP contribution in [0.5, 0.6) is 0 Å². The molecule has 104 valence electrons. The zero-order chi connectivity index (χ0) is 13.8. The summed E-state index contributed by atoms with van der Waals surface area (Å²) in [5, 5.41) is 4.17. The number of aromatic nitrogens is 1. The van der Waals surface area contributed by atoms with E-state index in [0.29, 0.717) is 6.04 Å². The number of hydrogen-bond donors (Lipinski definition) is 1. The van der Waals surface area contributed by atoms with Gasteiger partial charge in [0.05, 0.1) is 10.2 Å². The first-order valence-electron chi connectivity index (χ1n) is 6.60. The molecule has 1 unspecified atom stereocenters. The number of benzene rings is 1. The van der Waals surface area contributed by atoms with Crippen molar-refractivity contribution in [1.82, 2.24) is 9.88 Å². The van der Waals surface area contributed by atoms with E-state index in [9.17, 15) is 4.39 Å². The van der Waals surface area contributed by atoms with Crippen LogP contribution in [-0.4, -0.2) is 36.1 Å². The zero-order valence-corrected chi connectivity index (χ0v) is 12.4. The van der Waals surface area contributed by atoms with Crippen LogP contribution in [0.1, 0.15) is 20.3 Å². The molecular weight excluding hydrogens is 261 g/mol. The van der Waals surface area contributed by atoms with E-state index < -0.39 is 0 Å². The third kappa shape index (κ3) is 3.64. The van der Waals surface area contributed by atoms with Crippen LogP contribution < -0.4 is 5.32 Å². The maximum Gasteiger partial charge on any atom is 0.183 e. The number of likely N-dealkylation sites (N-methyl/N-ethyl adjacent to an activating group) is 1. The van der Waals surface area contributed by atoms with Crippen molar-refractivity contribution in [2.45, 2.75) is 26.3 Å². The largest absolute Gasteiger partial charge is 0.360 e. The quantitative estimate of drug-likeness (QED) is 0.877. The maximum absolute atomic E-state index is 13.1. The molecule has 19 heavy (non-hydrogen) atoms. The minimum absolute atomic E-state index is 0.235. The van der Waals surface area contributed by atoms with Crippen molar-refractivity contribution >= 4 is 26.7 Å². The van der Waals surface area contributed by atoms with Gasteiger partial charge in [-0.25, -0.2) is 9.37 Å². The number of halogens is 1. The highest BCUT2D eigenvalue weighted by Gasteiger charge is 2.07. The van der Waals surface area contributed by atoms with Crippen LogP contribution in [-0.2, 0) is 0 Å². The summed E-state index contributed by atoms with van der Waals surface area (Å²) in [6.07, 6.45) is 1.15. The summed E-state index contributed by atoms with van der Waals surface area (Å²) in [7, 11) is 2.13. The summed E-state index contributed by atoms with van der Waals surface area (Å²) in [6, 6.07) is 5.31. The predicted molar refractivity (Wildman–Crippen MR) is 80.5 cm³/mol. The SMILES string of the molecule is CCC(C)N(C)CCNc1nc2cc(F)ccc2s1. The fourth-order valence-corrected chi connectivity index (χ4v) is 2.72. The molecule has 0 spiro atoms. The van der Waals surface area contributed by atoms with E-state index in [1.54, 1.807) is 17.4 Å². The first-order valence-corrected chi connectivity index (χ1v) is 7.42. The van der Waals surface area contributed by atoms with Gasteiger partial charge >= 0.3 is 0 Å². The number of thiazole rings is 1. The van der Waals surface area contributed by atoms with Gasteiger partial charge < -0.3 is 10.2 Å². The number of fused-ring (bicyclic) bond motifs is 1. The molecule has 1 aromatic carbocycles. The summed E-state index contributed by atoms with van der Waals surface area (Å²) in [6.45, 7) is 6.24. The first kappa shape index (κ1) is 14.2. The molecular formula is C14H20FN3S. The van der Waals surface area contributed by atoms with Gasteiger partial charge in [0.25, 0.3) is 0 Å². The summed E-state index contributed by atoms with van der Waals surface area (Å²) >= 11 is 1.56. The molecule has 5 heteroatoms. The molecule has 2 rings (SSSR count). The Morgan fingerprint density at radius 2 is 2.26 bits per heavy atom.